The molecule has 2 N–H and O–H groups in total. The van der Waals surface area contributed by atoms with Crippen molar-refractivity contribution >= 4 is 16.5 Å². The average Bonchev–Trinajstić information content (AvgIpc) is 2.16. The van der Waals surface area contributed by atoms with E-state index in [2.05, 4.69) is 0 Å². The Labute approximate surface area is 93.1 Å². The Balaban J connectivity index is 2.85. The normalized spacial score (nSPS) is 12.8. The van der Waals surface area contributed by atoms with Gasteiger partial charge in [0, 0.05) is 33.6 Å². The monoisotopic (exact) mass is 227 g/mol. The first-order chi connectivity index (χ1) is 7.02. The first-order valence-electron chi connectivity index (χ1n) is 4.83. The Kier molecular flexibility index (Phi) is 4.15. The van der Waals surface area contributed by atoms with E-state index in [1.165, 1.54) is 0 Å². The molecule has 0 aliphatic rings. The molecule has 0 aromatic heterocycles. The van der Waals surface area contributed by atoms with Crippen molar-refractivity contribution in [2.45, 2.75) is 24.9 Å². The van der Waals surface area contributed by atoms with Crippen LogP contribution in [0.2, 0.25) is 0 Å². The molecule has 0 aliphatic heterocycles. The number of hydrogen-bond acceptors (Lipinski definition) is 3. The molecule has 0 saturated heterocycles. The van der Waals surface area contributed by atoms with Crippen LogP contribution in [0, 0.1) is 0 Å². The number of nitrogen functional groups attached to an aromatic ring is 1. The number of nitrogens with two attached hydrogens (primary N) is 1. The van der Waals surface area contributed by atoms with Crippen molar-refractivity contribution in [3.05, 3.63) is 23.8 Å². The lowest BCUT2D eigenvalue weighted by molar-refractivity contribution is 0.414. The van der Waals surface area contributed by atoms with E-state index < -0.39 is 10.8 Å². The average molecular weight is 227 g/mol. The predicted molar refractivity (Wildman–Crippen MR) is 64.4 cm³/mol. The van der Waals surface area contributed by atoms with Gasteiger partial charge in [-0.05, 0) is 17.7 Å². The van der Waals surface area contributed by atoms with E-state index in [4.69, 9.17) is 10.5 Å². The van der Waals surface area contributed by atoms with Crippen LogP contribution in [0.5, 0.6) is 5.75 Å². The number of ether oxygens (including phenoxy) is 1. The highest BCUT2D eigenvalue weighted by atomic mass is 32.2. The molecule has 0 amide bonds. The third-order valence-corrected chi connectivity index (χ3v) is 3.73. The molecule has 0 fully saturated rings. The van der Waals surface area contributed by atoms with Gasteiger partial charge in [0.15, 0.2) is 0 Å². The lowest BCUT2D eigenvalue weighted by atomic mass is 10.2. The van der Waals surface area contributed by atoms with Gasteiger partial charge in [0.25, 0.3) is 0 Å². The van der Waals surface area contributed by atoms with E-state index in [0.717, 1.165) is 5.56 Å². The quantitative estimate of drug-likeness (QED) is 0.800. The zero-order chi connectivity index (χ0) is 11.4. The summed E-state index contributed by atoms with van der Waals surface area (Å²) in [6.45, 7) is 3.89. The van der Waals surface area contributed by atoms with Gasteiger partial charge < -0.3 is 10.5 Å². The second-order valence-corrected chi connectivity index (χ2v) is 5.68. The molecule has 1 rings (SSSR count). The van der Waals surface area contributed by atoms with E-state index in [9.17, 15) is 4.21 Å². The topological polar surface area (TPSA) is 52.3 Å². The zero-order valence-electron chi connectivity index (χ0n) is 9.32. The first kappa shape index (κ1) is 12.0. The molecule has 0 bridgehead atoms. The summed E-state index contributed by atoms with van der Waals surface area (Å²) >= 11 is 0. The molecule has 3 nitrogen and oxygen atoms in total. The fraction of sp³-hybridized carbons (Fsp3) is 0.455. The van der Waals surface area contributed by atoms with Crippen molar-refractivity contribution in [3.63, 3.8) is 0 Å². The molecule has 0 saturated carbocycles. The molecular weight excluding hydrogens is 210 g/mol. The Morgan fingerprint density at radius 1 is 1.40 bits per heavy atom. The third kappa shape index (κ3) is 3.55. The molecule has 1 aromatic rings. The largest absolute Gasteiger partial charge is 0.497 e. The fourth-order valence-electron chi connectivity index (χ4n) is 1.22. The molecule has 84 valence electrons. The minimum absolute atomic E-state index is 0.164. The second-order valence-electron chi connectivity index (χ2n) is 3.69. The van der Waals surface area contributed by atoms with Crippen LogP contribution in [0.4, 0.5) is 5.69 Å². The molecule has 1 aromatic carbocycles. The van der Waals surface area contributed by atoms with Gasteiger partial charge in [0.1, 0.15) is 5.75 Å². The molecule has 0 radical (unpaired) electrons. The maximum absolute atomic E-state index is 11.7. The van der Waals surface area contributed by atoms with E-state index in [1.807, 2.05) is 26.0 Å². The number of hydrogen-bond donors (Lipinski definition) is 1. The van der Waals surface area contributed by atoms with Crippen LogP contribution in [0.15, 0.2) is 18.2 Å². The summed E-state index contributed by atoms with van der Waals surface area (Å²) in [5.41, 5.74) is 7.31. The summed E-state index contributed by atoms with van der Waals surface area (Å²) in [6.07, 6.45) is 0. The van der Waals surface area contributed by atoms with Crippen LogP contribution in [-0.2, 0) is 16.6 Å². The van der Waals surface area contributed by atoms with Gasteiger partial charge in [-0.15, -0.1) is 0 Å². The predicted octanol–water partition coefficient (Wildman–Crippen LogP) is 1.93. The van der Waals surface area contributed by atoms with Crippen LogP contribution in [0.25, 0.3) is 0 Å². The summed E-state index contributed by atoms with van der Waals surface area (Å²) in [6, 6.07) is 5.46. The van der Waals surface area contributed by atoms with Crippen LogP contribution < -0.4 is 10.5 Å². The van der Waals surface area contributed by atoms with Gasteiger partial charge in [-0.3, -0.25) is 4.21 Å². The molecule has 0 spiro atoms. The number of methoxy groups -OCH3 is 1. The SMILES string of the molecule is COc1cc(N)cc(CS(=O)C(C)C)c1. The summed E-state index contributed by atoms with van der Waals surface area (Å²) in [5.74, 6) is 1.24. The van der Waals surface area contributed by atoms with Gasteiger partial charge in [0.2, 0.25) is 0 Å². The summed E-state index contributed by atoms with van der Waals surface area (Å²) in [4.78, 5) is 0. The lowest BCUT2D eigenvalue weighted by Crippen LogP contribution is -2.08. The zero-order valence-corrected chi connectivity index (χ0v) is 10.1. The van der Waals surface area contributed by atoms with Crippen LogP contribution in [0.1, 0.15) is 19.4 Å². The summed E-state index contributed by atoms with van der Waals surface area (Å²) in [7, 11) is 0.743. The molecule has 0 heterocycles. The van der Waals surface area contributed by atoms with Gasteiger partial charge in [-0.25, -0.2) is 0 Å². The first-order valence-corrected chi connectivity index (χ1v) is 6.21. The smallest absolute Gasteiger partial charge is 0.121 e. The van der Waals surface area contributed by atoms with Gasteiger partial charge in [-0.2, -0.15) is 0 Å². The second kappa shape index (κ2) is 5.16. The van der Waals surface area contributed by atoms with Gasteiger partial charge in [-0.1, -0.05) is 13.8 Å². The van der Waals surface area contributed by atoms with Crippen LogP contribution in [-0.4, -0.2) is 16.6 Å². The van der Waals surface area contributed by atoms with Gasteiger partial charge >= 0.3 is 0 Å². The minimum Gasteiger partial charge on any atom is -0.497 e. The highest BCUT2D eigenvalue weighted by Gasteiger charge is 2.07. The Bertz CT molecular complexity index is 364. The molecule has 4 heteroatoms. The maximum atomic E-state index is 11.7. The Morgan fingerprint density at radius 3 is 2.60 bits per heavy atom. The molecular formula is C11H17NO2S. The van der Waals surface area contributed by atoms with Crippen LogP contribution in [0.3, 0.4) is 0 Å². The highest BCUT2D eigenvalue weighted by molar-refractivity contribution is 7.84. The van der Waals surface area contributed by atoms with E-state index in [1.54, 1.807) is 13.2 Å². The summed E-state index contributed by atoms with van der Waals surface area (Å²) in [5, 5.41) is 0.164. The fourth-order valence-corrected chi connectivity index (χ4v) is 2.05. The highest BCUT2D eigenvalue weighted by Crippen LogP contribution is 2.20. The third-order valence-electron chi connectivity index (χ3n) is 2.06. The summed E-state index contributed by atoms with van der Waals surface area (Å²) < 4.78 is 16.8. The van der Waals surface area contributed by atoms with E-state index in [-0.39, 0.29) is 5.25 Å². The van der Waals surface area contributed by atoms with Crippen molar-refractivity contribution in [2.24, 2.45) is 0 Å². The molecule has 1 unspecified atom stereocenters. The standard InChI is InChI=1S/C11H17NO2S/c1-8(2)15(13)7-9-4-10(12)6-11(5-9)14-3/h4-6,8H,7,12H2,1-3H3. The van der Waals surface area contributed by atoms with Crippen molar-refractivity contribution in [3.8, 4) is 5.75 Å². The Hall–Kier alpha value is -1.03. The number of rotatable bonds is 4. The molecule has 0 aliphatic carbocycles. The molecule has 15 heavy (non-hydrogen) atoms. The van der Waals surface area contributed by atoms with Crippen LogP contribution >= 0.6 is 0 Å². The van der Waals surface area contributed by atoms with E-state index in [0.29, 0.717) is 17.2 Å². The van der Waals surface area contributed by atoms with Gasteiger partial charge in [0.05, 0.1) is 7.11 Å². The number of benzene rings is 1. The number of anilines is 1. The Morgan fingerprint density at radius 2 is 2.07 bits per heavy atom. The molecule has 1 atom stereocenters. The van der Waals surface area contributed by atoms with Crippen molar-refractivity contribution in [1.82, 2.24) is 0 Å². The van der Waals surface area contributed by atoms with Crippen molar-refractivity contribution in [1.29, 1.82) is 0 Å². The van der Waals surface area contributed by atoms with E-state index >= 15 is 0 Å². The maximum Gasteiger partial charge on any atom is 0.121 e. The minimum atomic E-state index is -0.852. The van der Waals surface area contributed by atoms with Crippen molar-refractivity contribution < 1.29 is 8.95 Å². The van der Waals surface area contributed by atoms with Crippen molar-refractivity contribution in [2.75, 3.05) is 12.8 Å². The lowest BCUT2D eigenvalue weighted by Gasteiger charge is -2.08.